The summed E-state index contributed by atoms with van der Waals surface area (Å²) in [6.45, 7) is 5.27. The molecule has 0 aromatic carbocycles. The Morgan fingerprint density at radius 1 is 1.30 bits per heavy atom. The molecule has 2 aliphatic rings. The molecular formula is C19H25N3O5. The van der Waals surface area contributed by atoms with Gasteiger partial charge in [0.1, 0.15) is 12.1 Å². The highest BCUT2D eigenvalue weighted by atomic mass is 16.5. The van der Waals surface area contributed by atoms with Gasteiger partial charge in [-0.25, -0.2) is 4.79 Å². The van der Waals surface area contributed by atoms with Gasteiger partial charge in [-0.15, -0.1) is 0 Å². The van der Waals surface area contributed by atoms with Crippen molar-refractivity contribution in [2.75, 3.05) is 13.2 Å². The average molecular weight is 375 g/mol. The number of nitrogens with one attached hydrogen (secondary N) is 2. The number of hydrogen-bond acceptors (Lipinski definition) is 5. The maximum absolute atomic E-state index is 12.9. The van der Waals surface area contributed by atoms with Crippen LogP contribution in [-0.2, 0) is 14.3 Å². The molecule has 1 spiro atoms. The van der Waals surface area contributed by atoms with Crippen LogP contribution in [0.4, 0.5) is 4.79 Å². The Bertz CT molecular complexity index is 770. The number of aromatic amines is 1. The largest absolute Gasteiger partial charge is 0.456 e. The quantitative estimate of drug-likeness (QED) is 0.464. The van der Waals surface area contributed by atoms with E-state index in [1.807, 2.05) is 0 Å². The minimum Gasteiger partial charge on any atom is -0.456 e. The molecule has 0 unspecified atom stereocenters. The summed E-state index contributed by atoms with van der Waals surface area (Å²) in [5.41, 5.74) is -0.715. The van der Waals surface area contributed by atoms with Gasteiger partial charge in [-0.2, -0.15) is 0 Å². The Morgan fingerprint density at radius 3 is 2.67 bits per heavy atom. The molecule has 1 aromatic heterocycles. The van der Waals surface area contributed by atoms with Gasteiger partial charge in [0.05, 0.1) is 5.69 Å². The number of carbonyl (C=O) groups excluding carboxylic acids is 4. The number of Topliss-reactive ketones (excluding diaryl/α,β-unsaturated/α-hetero) is 1. The lowest BCUT2D eigenvalue weighted by Crippen LogP contribution is -2.54. The molecule has 1 saturated carbocycles. The van der Waals surface area contributed by atoms with Crippen molar-refractivity contribution in [3.05, 3.63) is 24.0 Å². The summed E-state index contributed by atoms with van der Waals surface area (Å²) in [5.74, 6) is -1.29. The summed E-state index contributed by atoms with van der Waals surface area (Å²) in [4.78, 5) is 52.9. The fourth-order valence-corrected chi connectivity index (χ4v) is 4.55. The summed E-state index contributed by atoms with van der Waals surface area (Å²) >= 11 is 0. The van der Waals surface area contributed by atoms with Crippen molar-refractivity contribution < 1.29 is 23.9 Å². The molecule has 1 saturated heterocycles. The molecule has 27 heavy (non-hydrogen) atoms. The van der Waals surface area contributed by atoms with Crippen LogP contribution in [0.1, 0.15) is 50.5 Å². The molecule has 2 fully saturated rings. The van der Waals surface area contributed by atoms with Crippen LogP contribution in [0.25, 0.3) is 0 Å². The second-order valence-electron chi connectivity index (χ2n) is 8.43. The minimum absolute atomic E-state index is 0.0837. The maximum atomic E-state index is 12.9. The topological polar surface area (TPSA) is 109 Å². The number of amides is 3. The lowest BCUT2D eigenvalue weighted by molar-refractivity contribution is -0.147. The van der Waals surface area contributed by atoms with Crippen LogP contribution in [-0.4, -0.2) is 52.3 Å². The van der Waals surface area contributed by atoms with E-state index in [-0.39, 0.29) is 23.0 Å². The number of esters is 1. The number of imide groups is 1. The summed E-state index contributed by atoms with van der Waals surface area (Å²) < 4.78 is 4.94. The first-order valence-electron chi connectivity index (χ1n) is 9.08. The first-order valence-corrected chi connectivity index (χ1v) is 9.08. The van der Waals surface area contributed by atoms with E-state index < -0.39 is 30.7 Å². The molecule has 2 atom stereocenters. The molecule has 3 rings (SSSR count). The summed E-state index contributed by atoms with van der Waals surface area (Å²) in [6, 6.07) is 2.65. The molecule has 2 N–H and O–H groups in total. The van der Waals surface area contributed by atoms with Gasteiger partial charge in [-0.3, -0.25) is 19.3 Å². The third-order valence-corrected chi connectivity index (χ3v) is 5.17. The monoisotopic (exact) mass is 375 g/mol. The number of aromatic nitrogens is 1. The fraction of sp³-hybridized carbons (Fsp3) is 0.579. The van der Waals surface area contributed by atoms with E-state index in [4.69, 9.17) is 4.74 Å². The van der Waals surface area contributed by atoms with Gasteiger partial charge in [-0.05, 0) is 42.7 Å². The summed E-state index contributed by atoms with van der Waals surface area (Å²) in [5, 5.41) is 2.81. The van der Waals surface area contributed by atoms with Crippen LogP contribution in [0.15, 0.2) is 18.3 Å². The average Bonchev–Trinajstić information content (AvgIpc) is 3.15. The van der Waals surface area contributed by atoms with Crippen LogP contribution in [0.3, 0.4) is 0 Å². The molecule has 8 heteroatoms. The van der Waals surface area contributed by atoms with E-state index in [9.17, 15) is 19.2 Å². The number of carbonyl (C=O) groups is 4. The molecule has 2 heterocycles. The highest BCUT2D eigenvalue weighted by Crippen LogP contribution is 2.46. The molecule has 8 nitrogen and oxygen atoms in total. The molecule has 0 radical (unpaired) electrons. The molecule has 146 valence electrons. The number of hydrogen-bond donors (Lipinski definition) is 2. The Morgan fingerprint density at radius 2 is 2.04 bits per heavy atom. The van der Waals surface area contributed by atoms with Crippen molar-refractivity contribution in [3.63, 3.8) is 0 Å². The number of H-pyrrole nitrogens is 1. The van der Waals surface area contributed by atoms with E-state index in [0.29, 0.717) is 18.5 Å². The molecular weight excluding hydrogens is 350 g/mol. The first kappa shape index (κ1) is 19.1. The SMILES string of the molecule is C[C@H]1CC(C)(C)C[C@@]2(C1)NC(=O)N(CC(=O)OCC(=O)c1ccc[nH]1)C2=O. The zero-order valence-corrected chi connectivity index (χ0v) is 15.8. The Hall–Kier alpha value is -2.64. The Labute approximate surface area is 157 Å². The van der Waals surface area contributed by atoms with Crippen LogP contribution < -0.4 is 5.32 Å². The van der Waals surface area contributed by atoms with Gasteiger partial charge in [0.15, 0.2) is 6.61 Å². The fourth-order valence-electron chi connectivity index (χ4n) is 4.55. The lowest BCUT2D eigenvalue weighted by atomic mass is 9.64. The number of nitrogens with zero attached hydrogens (tertiary/aromatic N) is 1. The van der Waals surface area contributed by atoms with Crippen molar-refractivity contribution in [1.82, 2.24) is 15.2 Å². The van der Waals surface area contributed by atoms with E-state index in [1.165, 1.54) is 0 Å². The number of rotatable bonds is 5. The van der Waals surface area contributed by atoms with Crippen LogP contribution in [0, 0.1) is 11.3 Å². The second-order valence-corrected chi connectivity index (χ2v) is 8.43. The van der Waals surface area contributed by atoms with Gasteiger partial charge in [0.2, 0.25) is 5.78 Å². The Kier molecular flexibility index (Phi) is 4.84. The van der Waals surface area contributed by atoms with Crippen molar-refractivity contribution in [2.45, 2.75) is 45.6 Å². The standard InChI is InChI=1S/C19H25N3O5/c1-12-7-18(2,3)11-19(8-12)16(25)22(17(26)21-19)9-15(24)27-10-14(23)13-5-4-6-20-13/h4-6,12,20H,7-11H2,1-3H3,(H,21,26)/t12-,19+/m0/s1. The minimum atomic E-state index is -0.960. The normalized spacial score (nSPS) is 26.9. The van der Waals surface area contributed by atoms with E-state index in [0.717, 1.165) is 11.3 Å². The zero-order chi connectivity index (χ0) is 19.8. The summed E-state index contributed by atoms with van der Waals surface area (Å²) in [6.07, 6.45) is 3.65. The van der Waals surface area contributed by atoms with Gasteiger partial charge < -0.3 is 15.0 Å². The first-order chi connectivity index (χ1) is 12.6. The highest BCUT2D eigenvalue weighted by Gasteiger charge is 2.56. The van der Waals surface area contributed by atoms with Crippen LogP contribution >= 0.6 is 0 Å². The van der Waals surface area contributed by atoms with E-state index in [2.05, 4.69) is 31.1 Å². The van der Waals surface area contributed by atoms with Crippen molar-refractivity contribution in [2.24, 2.45) is 11.3 Å². The predicted octanol–water partition coefficient (Wildman–Crippen LogP) is 1.88. The molecule has 1 aliphatic heterocycles. The van der Waals surface area contributed by atoms with Gasteiger partial charge in [-0.1, -0.05) is 20.8 Å². The number of ether oxygens (including phenoxy) is 1. The zero-order valence-electron chi connectivity index (χ0n) is 15.8. The van der Waals surface area contributed by atoms with E-state index in [1.54, 1.807) is 18.3 Å². The van der Waals surface area contributed by atoms with Gasteiger partial charge >= 0.3 is 12.0 Å². The molecule has 1 aliphatic carbocycles. The number of urea groups is 1. The maximum Gasteiger partial charge on any atom is 0.326 e. The molecule has 0 bridgehead atoms. The summed E-state index contributed by atoms with van der Waals surface area (Å²) in [7, 11) is 0. The van der Waals surface area contributed by atoms with Gasteiger partial charge in [0, 0.05) is 6.20 Å². The van der Waals surface area contributed by atoms with Crippen LogP contribution in [0.5, 0.6) is 0 Å². The van der Waals surface area contributed by atoms with Crippen LogP contribution in [0.2, 0.25) is 0 Å². The van der Waals surface area contributed by atoms with E-state index >= 15 is 0 Å². The van der Waals surface area contributed by atoms with Crippen molar-refractivity contribution in [1.29, 1.82) is 0 Å². The van der Waals surface area contributed by atoms with Gasteiger partial charge in [0.25, 0.3) is 5.91 Å². The molecule has 3 amide bonds. The van der Waals surface area contributed by atoms with Crippen molar-refractivity contribution in [3.8, 4) is 0 Å². The lowest BCUT2D eigenvalue weighted by Gasteiger charge is -2.43. The molecule has 1 aromatic rings. The predicted molar refractivity (Wildman–Crippen MR) is 95.9 cm³/mol. The highest BCUT2D eigenvalue weighted by molar-refractivity contribution is 6.09. The smallest absolute Gasteiger partial charge is 0.326 e. The Balaban J connectivity index is 1.62. The number of ketones is 1. The third kappa shape index (κ3) is 3.89. The van der Waals surface area contributed by atoms with Crippen molar-refractivity contribution >= 4 is 23.7 Å². The third-order valence-electron chi connectivity index (χ3n) is 5.17. The second kappa shape index (κ2) is 6.83.